The molecule has 7 nitrogen and oxygen atoms in total. The Bertz CT molecular complexity index is 639. The van der Waals surface area contributed by atoms with Crippen LogP contribution in [0.25, 0.3) is 11.5 Å². The number of nitrogens with zero attached hydrogens (tertiary/aromatic N) is 3. The van der Waals surface area contributed by atoms with Crippen LogP contribution >= 0.6 is 0 Å². The first-order chi connectivity index (χ1) is 10.6. The molecular weight excluding hydrogens is 284 g/mol. The molecule has 0 saturated carbocycles. The Balaban J connectivity index is 1.88. The molecule has 1 aromatic heterocycles. The van der Waals surface area contributed by atoms with Crippen LogP contribution in [0.5, 0.6) is 0 Å². The topological polar surface area (TPSA) is 88.3 Å². The van der Waals surface area contributed by atoms with Crippen molar-refractivity contribution in [3.05, 3.63) is 36.2 Å². The van der Waals surface area contributed by atoms with E-state index >= 15 is 0 Å². The van der Waals surface area contributed by atoms with Crippen molar-refractivity contribution in [2.24, 2.45) is 0 Å². The van der Waals surface area contributed by atoms with Crippen molar-refractivity contribution in [3.63, 3.8) is 0 Å². The number of likely N-dealkylation sites (N-methyl/N-ethyl adjacent to an activating group) is 2. The van der Waals surface area contributed by atoms with Crippen LogP contribution in [-0.2, 0) is 16.0 Å². The van der Waals surface area contributed by atoms with Crippen LogP contribution in [0.4, 0.5) is 0 Å². The number of nitrogens with one attached hydrogen (secondary N) is 1. The molecule has 2 amide bonds. The highest BCUT2D eigenvalue weighted by atomic mass is 16.4. The SMILES string of the molecule is CNC(=O)CN(C)C(=O)CCc1nnc(-c2ccccc2)o1. The summed E-state index contributed by atoms with van der Waals surface area (Å²) < 4.78 is 5.53. The Kier molecular flexibility index (Phi) is 5.24. The summed E-state index contributed by atoms with van der Waals surface area (Å²) in [4.78, 5) is 24.5. The van der Waals surface area contributed by atoms with Crippen LogP contribution in [0.15, 0.2) is 34.7 Å². The molecule has 0 bridgehead atoms. The van der Waals surface area contributed by atoms with Crippen LogP contribution in [0.3, 0.4) is 0 Å². The summed E-state index contributed by atoms with van der Waals surface area (Å²) in [5, 5.41) is 10.4. The fourth-order valence-electron chi connectivity index (χ4n) is 1.84. The minimum absolute atomic E-state index is 0.0361. The van der Waals surface area contributed by atoms with Crippen molar-refractivity contribution < 1.29 is 14.0 Å². The average Bonchev–Trinajstić information content (AvgIpc) is 3.02. The fraction of sp³-hybridized carbons (Fsp3) is 0.333. The van der Waals surface area contributed by atoms with E-state index in [1.807, 2.05) is 30.3 Å². The molecule has 22 heavy (non-hydrogen) atoms. The number of carbonyl (C=O) groups excluding carboxylic acids is 2. The second kappa shape index (κ2) is 7.35. The van der Waals surface area contributed by atoms with E-state index in [0.717, 1.165) is 5.56 Å². The Labute approximate surface area is 128 Å². The van der Waals surface area contributed by atoms with Crippen molar-refractivity contribution in [1.29, 1.82) is 0 Å². The summed E-state index contributed by atoms with van der Waals surface area (Å²) in [7, 11) is 3.12. The maximum atomic E-state index is 11.9. The summed E-state index contributed by atoms with van der Waals surface area (Å²) in [5.41, 5.74) is 0.837. The van der Waals surface area contributed by atoms with Crippen molar-refractivity contribution >= 4 is 11.8 Å². The third kappa shape index (κ3) is 4.15. The molecule has 2 rings (SSSR count). The number of aromatic nitrogens is 2. The molecule has 0 aliphatic rings. The minimum Gasteiger partial charge on any atom is -0.421 e. The average molecular weight is 302 g/mol. The van der Waals surface area contributed by atoms with E-state index in [9.17, 15) is 9.59 Å². The number of hydrogen-bond donors (Lipinski definition) is 1. The van der Waals surface area contributed by atoms with Crippen LogP contribution in [0, 0.1) is 0 Å². The molecule has 0 saturated heterocycles. The van der Waals surface area contributed by atoms with E-state index in [0.29, 0.717) is 18.2 Å². The second-order valence-electron chi connectivity index (χ2n) is 4.79. The lowest BCUT2D eigenvalue weighted by atomic mass is 10.2. The van der Waals surface area contributed by atoms with Gasteiger partial charge in [-0.2, -0.15) is 0 Å². The highest BCUT2D eigenvalue weighted by molar-refractivity contribution is 5.84. The molecule has 1 heterocycles. The Morgan fingerprint density at radius 2 is 1.95 bits per heavy atom. The third-order valence-corrected chi connectivity index (χ3v) is 3.13. The van der Waals surface area contributed by atoms with Gasteiger partial charge >= 0.3 is 0 Å². The van der Waals surface area contributed by atoms with E-state index in [-0.39, 0.29) is 24.8 Å². The first-order valence-electron chi connectivity index (χ1n) is 6.92. The summed E-state index contributed by atoms with van der Waals surface area (Å²) >= 11 is 0. The van der Waals surface area contributed by atoms with Crippen molar-refractivity contribution in [3.8, 4) is 11.5 Å². The highest BCUT2D eigenvalue weighted by Gasteiger charge is 2.14. The zero-order valence-electron chi connectivity index (χ0n) is 12.6. The molecule has 1 N–H and O–H groups in total. The van der Waals surface area contributed by atoms with Gasteiger partial charge in [-0.05, 0) is 12.1 Å². The van der Waals surface area contributed by atoms with Gasteiger partial charge in [-0.15, -0.1) is 10.2 Å². The van der Waals surface area contributed by atoms with E-state index < -0.39 is 0 Å². The normalized spacial score (nSPS) is 10.3. The van der Waals surface area contributed by atoms with E-state index in [4.69, 9.17) is 4.42 Å². The van der Waals surface area contributed by atoms with E-state index in [2.05, 4.69) is 15.5 Å². The number of benzene rings is 1. The summed E-state index contributed by atoms with van der Waals surface area (Å²) in [5.74, 6) is 0.477. The summed E-state index contributed by atoms with van der Waals surface area (Å²) in [6.45, 7) is 0.0361. The van der Waals surface area contributed by atoms with Crippen molar-refractivity contribution in [2.75, 3.05) is 20.6 Å². The second-order valence-corrected chi connectivity index (χ2v) is 4.79. The Hall–Kier alpha value is -2.70. The number of rotatable bonds is 6. The molecule has 0 atom stereocenters. The van der Waals surface area contributed by atoms with Gasteiger partial charge in [0.25, 0.3) is 0 Å². The maximum absolute atomic E-state index is 11.9. The van der Waals surface area contributed by atoms with Crippen LogP contribution < -0.4 is 5.32 Å². The number of aryl methyl sites for hydroxylation is 1. The first kappa shape index (κ1) is 15.7. The fourth-order valence-corrected chi connectivity index (χ4v) is 1.84. The molecule has 116 valence electrons. The maximum Gasteiger partial charge on any atom is 0.247 e. The zero-order valence-corrected chi connectivity index (χ0v) is 12.6. The van der Waals surface area contributed by atoms with Gasteiger partial charge in [0.2, 0.25) is 23.6 Å². The molecule has 0 aliphatic heterocycles. The van der Waals surface area contributed by atoms with Gasteiger partial charge in [0.1, 0.15) is 0 Å². The van der Waals surface area contributed by atoms with Crippen LogP contribution in [-0.4, -0.2) is 47.6 Å². The monoisotopic (exact) mass is 302 g/mol. The molecule has 0 radical (unpaired) electrons. The molecule has 2 aromatic rings. The van der Waals surface area contributed by atoms with Gasteiger partial charge in [0, 0.05) is 32.5 Å². The molecule has 0 spiro atoms. The highest BCUT2D eigenvalue weighted by Crippen LogP contribution is 2.17. The quantitative estimate of drug-likeness (QED) is 0.855. The van der Waals surface area contributed by atoms with E-state index in [1.54, 1.807) is 7.05 Å². The van der Waals surface area contributed by atoms with Gasteiger partial charge in [-0.3, -0.25) is 9.59 Å². The van der Waals surface area contributed by atoms with Crippen LogP contribution in [0.1, 0.15) is 12.3 Å². The third-order valence-electron chi connectivity index (χ3n) is 3.13. The number of amides is 2. The lowest BCUT2D eigenvalue weighted by Crippen LogP contribution is -2.36. The summed E-state index contributed by atoms with van der Waals surface area (Å²) in [6, 6.07) is 9.42. The molecular formula is C15H18N4O3. The van der Waals surface area contributed by atoms with Crippen molar-refractivity contribution in [2.45, 2.75) is 12.8 Å². The lowest BCUT2D eigenvalue weighted by molar-refractivity contribution is -0.134. The van der Waals surface area contributed by atoms with E-state index in [1.165, 1.54) is 11.9 Å². The van der Waals surface area contributed by atoms with Crippen molar-refractivity contribution in [1.82, 2.24) is 20.4 Å². The predicted octanol–water partition coefficient (Wildman–Crippen LogP) is 0.874. The first-order valence-corrected chi connectivity index (χ1v) is 6.92. The van der Waals surface area contributed by atoms with Gasteiger partial charge in [-0.1, -0.05) is 18.2 Å². The zero-order chi connectivity index (χ0) is 15.9. The molecule has 1 aromatic carbocycles. The largest absolute Gasteiger partial charge is 0.421 e. The van der Waals surface area contributed by atoms with Gasteiger partial charge in [-0.25, -0.2) is 0 Å². The molecule has 0 fully saturated rings. The standard InChI is InChI=1S/C15H18N4O3/c1-16-12(20)10-19(2)14(21)9-8-13-17-18-15(22-13)11-6-4-3-5-7-11/h3-7H,8-10H2,1-2H3,(H,16,20). The Morgan fingerprint density at radius 3 is 2.64 bits per heavy atom. The minimum atomic E-state index is -0.208. The summed E-state index contributed by atoms with van der Waals surface area (Å²) in [6.07, 6.45) is 0.556. The molecule has 0 unspecified atom stereocenters. The number of carbonyl (C=O) groups is 2. The smallest absolute Gasteiger partial charge is 0.247 e. The van der Waals surface area contributed by atoms with Gasteiger partial charge < -0.3 is 14.6 Å². The predicted molar refractivity (Wildman–Crippen MR) is 79.8 cm³/mol. The lowest BCUT2D eigenvalue weighted by Gasteiger charge is -2.15. The molecule has 0 aliphatic carbocycles. The Morgan fingerprint density at radius 1 is 1.23 bits per heavy atom. The molecule has 7 heteroatoms. The van der Waals surface area contributed by atoms with Crippen LogP contribution in [0.2, 0.25) is 0 Å². The number of hydrogen-bond acceptors (Lipinski definition) is 5. The van der Waals surface area contributed by atoms with Gasteiger partial charge in [0.15, 0.2) is 0 Å². The van der Waals surface area contributed by atoms with Gasteiger partial charge in [0.05, 0.1) is 6.54 Å².